The first-order chi connectivity index (χ1) is 8.54. The number of nitrogens with two attached hydrogens (primary N) is 1. The molecule has 1 atom stereocenters. The molecular weight excluding hydrogens is 356 g/mol. The van der Waals surface area contributed by atoms with Crippen LogP contribution in [0.25, 0.3) is 0 Å². The molecule has 0 aliphatic heterocycles. The number of benzene rings is 1. The maximum atomic E-state index is 6.22. The van der Waals surface area contributed by atoms with Gasteiger partial charge >= 0.3 is 0 Å². The van der Waals surface area contributed by atoms with Gasteiger partial charge in [-0.2, -0.15) is 0 Å². The molecule has 4 heteroatoms. The maximum absolute atomic E-state index is 6.22. The normalized spacial score (nSPS) is 12.4. The molecule has 18 heavy (non-hydrogen) atoms. The Balaban J connectivity index is 2.16. The van der Waals surface area contributed by atoms with Crippen LogP contribution < -0.4 is 5.73 Å². The largest absolute Gasteiger partial charge is 0.324 e. The van der Waals surface area contributed by atoms with Crippen LogP contribution in [-0.2, 0) is 6.42 Å². The highest BCUT2D eigenvalue weighted by Gasteiger charge is 2.09. The van der Waals surface area contributed by atoms with Crippen molar-refractivity contribution < 1.29 is 0 Å². The molecule has 0 spiro atoms. The number of aromatic nitrogens is 1. The van der Waals surface area contributed by atoms with E-state index >= 15 is 0 Å². The van der Waals surface area contributed by atoms with E-state index in [1.165, 1.54) is 0 Å². The van der Waals surface area contributed by atoms with Crippen LogP contribution in [-0.4, -0.2) is 4.98 Å². The topological polar surface area (TPSA) is 38.9 Å². The van der Waals surface area contributed by atoms with Gasteiger partial charge in [0.2, 0.25) is 0 Å². The molecule has 1 unspecified atom stereocenters. The fourth-order valence-electron chi connectivity index (χ4n) is 1.75. The molecule has 94 valence electrons. The zero-order chi connectivity index (χ0) is 13.1. The number of aryl methyl sites for hydroxylation is 1. The van der Waals surface area contributed by atoms with Crippen molar-refractivity contribution in [1.82, 2.24) is 4.98 Å². The highest BCUT2D eigenvalue weighted by molar-refractivity contribution is 9.11. The number of pyridine rings is 1. The number of halogens is 2. The van der Waals surface area contributed by atoms with Crippen LogP contribution in [0, 0.1) is 6.92 Å². The predicted molar refractivity (Wildman–Crippen MR) is 81.4 cm³/mol. The lowest BCUT2D eigenvalue weighted by molar-refractivity contribution is 0.705. The van der Waals surface area contributed by atoms with E-state index < -0.39 is 0 Å². The lowest BCUT2D eigenvalue weighted by Crippen LogP contribution is -2.14. The number of hydrogen-bond donors (Lipinski definition) is 1. The van der Waals surface area contributed by atoms with Crippen molar-refractivity contribution in [2.75, 3.05) is 0 Å². The van der Waals surface area contributed by atoms with Gasteiger partial charge in [-0.1, -0.05) is 37.9 Å². The molecule has 2 N–H and O–H groups in total. The fourth-order valence-corrected chi connectivity index (χ4v) is 3.08. The lowest BCUT2D eigenvalue weighted by Gasteiger charge is -2.12. The van der Waals surface area contributed by atoms with Gasteiger partial charge in [0.05, 0.1) is 0 Å². The molecule has 1 aromatic carbocycles. The van der Waals surface area contributed by atoms with Crippen molar-refractivity contribution >= 4 is 31.9 Å². The van der Waals surface area contributed by atoms with Gasteiger partial charge < -0.3 is 5.73 Å². The summed E-state index contributed by atoms with van der Waals surface area (Å²) in [5, 5.41) is 0. The summed E-state index contributed by atoms with van der Waals surface area (Å²) >= 11 is 6.95. The van der Waals surface area contributed by atoms with Crippen LogP contribution in [0.15, 0.2) is 45.5 Å². The van der Waals surface area contributed by atoms with Crippen LogP contribution in [0.1, 0.15) is 22.9 Å². The summed E-state index contributed by atoms with van der Waals surface area (Å²) < 4.78 is 2.05. The number of hydrogen-bond acceptors (Lipinski definition) is 2. The minimum atomic E-state index is -0.0472. The summed E-state index contributed by atoms with van der Waals surface area (Å²) in [6.07, 6.45) is 2.61. The molecule has 0 fully saturated rings. The van der Waals surface area contributed by atoms with Crippen LogP contribution in [0.4, 0.5) is 0 Å². The lowest BCUT2D eigenvalue weighted by atomic mass is 10.0. The third kappa shape index (κ3) is 3.64. The number of nitrogens with zero attached hydrogens (tertiary/aromatic N) is 1. The van der Waals surface area contributed by atoms with E-state index in [4.69, 9.17) is 5.73 Å². The molecule has 1 heterocycles. The van der Waals surface area contributed by atoms with E-state index in [-0.39, 0.29) is 6.04 Å². The third-order valence-electron chi connectivity index (χ3n) is 2.71. The standard InChI is InChI=1S/C14H14Br2N2/c1-9-2-3-13(18-8-9)7-14(17)10-4-11(15)6-12(16)5-10/h2-6,8,14H,7,17H2,1H3. The zero-order valence-electron chi connectivity index (χ0n) is 10.0. The van der Waals surface area contributed by atoms with Crippen molar-refractivity contribution in [2.24, 2.45) is 5.73 Å². The SMILES string of the molecule is Cc1ccc(CC(N)c2cc(Br)cc(Br)c2)nc1. The Morgan fingerprint density at radius 2 is 1.83 bits per heavy atom. The minimum absolute atomic E-state index is 0.0472. The van der Waals surface area contributed by atoms with Gasteiger partial charge in [-0.25, -0.2) is 0 Å². The van der Waals surface area contributed by atoms with Crippen LogP contribution >= 0.6 is 31.9 Å². The van der Waals surface area contributed by atoms with Gasteiger partial charge in [0.25, 0.3) is 0 Å². The van der Waals surface area contributed by atoms with E-state index in [1.807, 2.05) is 37.4 Å². The van der Waals surface area contributed by atoms with Crippen molar-refractivity contribution in [1.29, 1.82) is 0 Å². The summed E-state index contributed by atoms with van der Waals surface area (Å²) in [6, 6.07) is 10.1. The smallest absolute Gasteiger partial charge is 0.0422 e. The molecule has 0 amide bonds. The van der Waals surface area contributed by atoms with E-state index in [0.717, 1.165) is 32.2 Å². The summed E-state index contributed by atoms with van der Waals surface area (Å²) in [4.78, 5) is 4.39. The van der Waals surface area contributed by atoms with Gasteiger partial charge in [-0.05, 0) is 42.3 Å². The molecule has 0 radical (unpaired) electrons. The van der Waals surface area contributed by atoms with Crippen LogP contribution in [0.5, 0.6) is 0 Å². The molecule has 1 aromatic heterocycles. The molecule has 2 aromatic rings. The summed E-state index contributed by atoms with van der Waals surface area (Å²) in [5.74, 6) is 0. The zero-order valence-corrected chi connectivity index (χ0v) is 13.2. The highest BCUT2D eigenvalue weighted by atomic mass is 79.9. The van der Waals surface area contributed by atoms with Crippen LogP contribution in [0.2, 0.25) is 0 Å². The average molecular weight is 370 g/mol. The molecule has 2 nitrogen and oxygen atoms in total. The van der Waals surface area contributed by atoms with Crippen molar-refractivity contribution in [2.45, 2.75) is 19.4 Å². The van der Waals surface area contributed by atoms with Gasteiger partial charge in [-0.15, -0.1) is 0 Å². The molecule has 0 aliphatic carbocycles. The Hall–Kier alpha value is -0.710. The first-order valence-corrected chi connectivity index (χ1v) is 7.26. The van der Waals surface area contributed by atoms with Crippen molar-refractivity contribution in [3.63, 3.8) is 0 Å². The Morgan fingerprint density at radius 1 is 1.17 bits per heavy atom. The Labute approximate surface area is 124 Å². The van der Waals surface area contributed by atoms with E-state index in [1.54, 1.807) is 0 Å². The highest BCUT2D eigenvalue weighted by Crippen LogP contribution is 2.24. The second-order valence-electron chi connectivity index (χ2n) is 4.34. The van der Waals surface area contributed by atoms with Gasteiger partial charge in [0.15, 0.2) is 0 Å². The average Bonchev–Trinajstić information content (AvgIpc) is 2.31. The summed E-state index contributed by atoms with van der Waals surface area (Å²) in [6.45, 7) is 2.03. The van der Waals surface area contributed by atoms with Gasteiger partial charge in [0.1, 0.15) is 0 Å². The Morgan fingerprint density at radius 3 is 2.39 bits per heavy atom. The van der Waals surface area contributed by atoms with Gasteiger partial charge in [0, 0.05) is 33.3 Å². The second-order valence-corrected chi connectivity index (χ2v) is 6.17. The first kappa shape index (κ1) is 13.7. The molecule has 2 rings (SSSR count). The minimum Gasteiger partial charge on any atom is -0.324 e. The van der Waals surface area contributed by atoms with Crippen LogP contribution in [0.3, 0.4) is 0 Å². The monoisotopic (exact) mass is 368 g/mol. The van der Waals surface area contributed by atoms with Gasteiger partial charge in [-0.3, -0.25) is 4.98 Å². The predicted octanol–water partition coefficient (Wildman–Crippen LogP) is 4.16. The quantitative estimate of drug-likeness (QED) is 0.882. The molecule has 0 aliphatic rings. The molecular formula is C14H14Br2N2. The van der Waals surface area contributed by atoms with E-state index in [0.29, 0.717) is 0 Å². The fraction of sp³-hybridized carbons (Fsp3) is 0.214. The van der Waals surface area contributed by atoms with E-state index in [9.17, 15) is 0 Å². The number of rotatable bonds is 3. The molecule has 0 saturated heterocycles. The Kier molecular flexibility index (Phi) is 4.54. The molecule has 0 bridgehead atoms. The first-order valence-electron chi connectivity index (χ1n) is 5.67. The maximum Gasteiger partial charge on any atom is 0.0422 e. The summed E-state index contributed by atoms with van der Waals surface area (Å²) in [7, 11) is 0. The van der Waals surface area contributed by atoms with Crippen molar-refractivity contribution in [3.05, 3.63) is 62.3 Å². The van der Waals surface area contributed by atoms with Crippen molar-refractivity contribution in [3.8, 4) is 0 Å². The molecule has 0 saturated carbocycles. The second kappa shape index (κ2) is 5.95. The summed E-state index contributed by atoms with van der Waals surface area (Å²) in [5.41, 5.74) is 9.50. The third-order valence-corrected chi connectivity index (χ3v) is 3.63. The van der Waals surface area contributed by atoms with E-state index in [2.05, 4.69) is 42.9 Å². The Bertz CT molecular complexity index is 518.